The molecule has 0 bridgehead atoms. The van der Waals surface area contributed by atoms with E-state index in [1.165, 1.54) is 10.4 Å². The number of halogens is 3. The number of sulfonamides is 1. The minimum absolute atomic E-state index is 0.102. The van der Waals surface area contributed by atoms with Crippen molar-refractivity contribution in [2.75, 3.05) is 13.1 Å². The van der Waals surface area contributed by atoms with Crippen LogP contribution in [0.3, 0.4) is 0 Å². The fraction of sp³-hybridized carbons (Fsp3) is 0.682. The second kappa shape index (κ2) is 9.69. The van der Waals surface area contributed by atoms with E-state index in [9.17, 15) is 26.4 Å². The van der Waals surface area contributed by atoms with E-state index < -0.39 is 27.8 Å². The first kappa shape index (κ1) is 25.0. The molecule has 2 fully saturated rings. The number of hydrogen-bond acceptors (Lipinski definition) is 4. The van der Waals surface area contributed by atoms with Crippen molar-refractivity contribution in [3.63, 3.8) is 0 Å². The van der Waals surface area contributed by atoms with E-state index in [-0.39, 0.29) is 35.9 Å². The van der Waals surface area contributed by atoms with Crippen molar-refractivity contribution < 1.29 is 26.4 Å². The lowest BCUT2D eigenvalue weighted by Crippen LogP contribution is -2.53. The van der Waals surface area contributed by atoms with Gasteiger partial charge in [0.15, 0.2) is 0 Å². The molecule has 180 valence electrons. The molecule has 1 aromatic carbocycles. The molecule has 1 aliphatic carbocycles. The summed E-state index contributed by atoms with van der Waals surface area (Å²) in [7, 11) is -4.14. The van der Waals surface area contributed by atoms with Crippen LogP contribution in [0.4, 0.5) is 13.2 Å². The molecule has 2 aliphatic rings. The van der Waals surface area contributed by atoms with E-state index in [1.54, 1.807) is 4.90 Å². The highest BCUT2D eigenvalue weighted by atomic mass is 32.2. The molecule has 2 N–H and O–H groups in total. The highest BCUT2D eigenvalue weighted by Crippen LogP contribution is 2.38. The maximum absolute atomic E-state index is 13.4. The van der Waals surface area contributed by atoms with Crippen LogP contribution in [0.25, 0.3) is 0 Å². The highest BCUT2D eigenvalue weighted by Gasteiger charge is 2.44. The summed E-state index contributed by atoms with van der Waals surface area (Å²) in [6.07, 6.45) is -1.16. The molecule has 1 heterocycles. The van der Waals surface area contributed by atoms with Crippen molar-refractivity contribution in [1.29, 1.82) is 0 Å². The lowest BCUT2D eigenvalue weighted by Gasteiger charge is -2.39. The molecule has 3 rings (SSSR count). The molecule has 6 nitrogen and oxygen atoms in total. The van der Waals surface area contributed by atoms with Gasteiger partial charge in [0.25, 0.3) is 0 Å². The van der Waals surface area contributed by atoms with E-state index in [0.717, 1.165) is 18.6 Å². The quantitative estimate of drug-likeness (QED) is 0.623. The molecule has 1 saturated heterocycles. The van der Waals surface area contributed by atoms with Gasteiger partial charge in [-0.25, -0.2) is 8.42 Å². The maximum Gasteiger partial charge on any atom is 0.416 e. The number of rotatable bonds is 8. The molecule has 0 aromatic heterocycles. The molecule has 1 aliphatic heterocycles. The second-order valence-electron chi connectivity index (χ2n) is 9.32. The zero-order valence-corrected chi connectivity index (χ0v) is 19.3. The Labute approximate surface area is 188 Å². The summed E-state index contributed by atoms with van der Waals surface area (Å²) < 4.78 is 67.6. The van der Waals surface area contributed by atoms with Crippen molar-refractivity contribution in [2.24, 2.45) is 11.7 Å². The second-order valence-corrected chi connectivity index (χ2v) is 11.2. The van der Waals surface area contributed by atoms with E-state index in [1.807, 2.05) is 13.8 Å². The average molecular weight is 476 g/mol. The Balaban J connectivity index is 1.79. The van der Waals surface area contributed by atoms with Gasteiger partial charge in [0.2, 0.25) is 15.9 Å². The van der Waals surface area contributed by atoms with Gasteiger partial charge in [-0.2, -0.15) is 17.5 Å². The predicted octanol–water partition coefficient (Wildman–Crippen LogP) is 3.61. The topological polar surface area (TPSA) is 83.7 Å². The fourth-order valence-electron chi connectivity index (χ4n) is 4.41. The van der Waals surface area contributed by atoms with Gasteiger partial charge < -0.3 is 10.6 Å². The van der Waals surface area contributed by atoms with E-state index in [4.69, 9.17) is 5.73 Å². The lowest BCUT2D eigenvalue weighted by molar-refractivity contribution is -0.137. The van der Waals surface area contributed by atoms with Crippen molar-refractivity contribution in [3.05, 3.63) is 29.8 Å². The van der Waals surface area contributed by atoms with Crippen LogP contribution < -0.4 is 5.73 Å². The molecule has 1 amide bonds. The van der Waals surface area contributed by atoms with E-state index >= 15 is 0 Å². The normalized spacial score (nSPS) is 21.2. The Kier molecular flexibility index (Phi) is 7.56. The van der Waals surface area contributed by atoms with Crippen LogP contribution in [-0.2, 0) is 21.0 Å². The van der Waals surface area contributed by atoms with E-state index in [0.29, 0.717) is 44.2 Å². The van der Waals surface area contributed by atoms with Gasteiger partial charge in [0, 0.05) is 37.6 Å². The third-order valence-electron chi connectivity index (χ3n) is 5.96. The molecule has 10 heteroatoms. The Morgan fingerprint density at radius 3 is 2.50 bits per heavy atom. The van der Waals surface area contributed by atoms with Crippen molar-refractivity contribution in [1.82, 2.24) is 9.21 Å². The maximum atomic E-state index is 13.4. The monoisotopic (exact) mass is 475 g/mol. The van der Waals surface area contributed by atoms with Crippen LogP contribution in [-0.4, -0.2) is 54.7 Å². The molecule has 1 unspecified atom stereocenters. The van der Waals surface area contributed by atoms with Crippen LogP contribution in [0, 0.1) is 5.92 Å². The van der Waals surface area contributed by atoms with Crippen molar-refractivity contribution in [3.8, 4) is 0 Å². The summed E-state index contributed by atoms with van der Waals surface area (Å²) in [4.78, 5) is 14.1. The van der Waals surface area contributed by atoms with Crippen LogP contribution in [0.2, 0.25) is 0 Å². The molecule has 2 atom stereocenters. The van der Waals surface area contributed by atoms with Gasteiger partial charge in [-0.1, -0.05) is 19.9 Å². The minimum atomic E-state index is -4.63. The molecular formula is C22H32F3N3O3S. The van der Waals surface area contributed by atoms with Crippen LogP contribution in [0.5, 0.6) is 0 Å². The Hall–Kier alpha value is -1.65. The van der Waals surface area contributed by atoms with Gasteiger partial charge in [-0.05, 0) is 56.2 Å². The summed E-state index contributed by atoms with van der Waals surface area (Å²) in [6.45, 7) is 4.84. The van der Waals surface area contributed by atoms with Crippen LogP contribution in [0.15, 0.2) is 29.2 Å². The third kappa shape index (κ3) is 6.02. The van der Waals surface area contributed by atoms with Crippen LogP contribution >= 0.6 is 0 Å². The molecule has 0 radical (unpaired) electrons. The number of hydrogen-bond donors (Lipinski definition) is 1. The first-order chi connectivity index (χ1) is 14.9. The number of likely N-dealkylation sites (tertiary alicyclic amines) is 1. The standard InChI is InChI=1S/C22H32F3N3O3S/c1-15(2)11-17(26)13-21(29)27-10-4-6-19(14-27)28(18-8-9-18)32(30,31)20-7-3-5-16(12-20)22(23,24)25/h3,5,7,12,15,17-19H,4,6,8-11,13-14,26H2,1-2H3/t17?,19-/m0/s1. The minimum Gasteiger partial charge on any atom is -0.341 e. The van der Waals surface area contributed by atoms with Crippen molar-refractivity contribution in [2.45, 2.75) is 81.6 Å². The first-order valence-electron chi connectivity index (χ1n) is 11.1. The third-order valence-corrected chi connectivity index (χ3v) is 7.96. The smallest absolute Gasteiger partial charge is 0.341 e. The number of nitrogens with two attached hydrogens (primary N) is 1. The predicted molar refractivity (Wildman–Crippen MR) is 115 cm³/mol. The number of carbonyl (C=O) groups is 1. The zero-order chi connectivity index (χ0) is 23.7. The Bertz CT molecular complexity index is 916. The van der Waals surface area contributed by atoms with Gasteiger partial charge >= 0.3 is 6.18 Å². The number of nitrogens with zero attached hydrogens (tertiary/aromatic N) is 2. The summed E-state index contributed by atoms with van der Waals surface area (Å²) in [5, 5.41) is 0. The molecule has 1 aromatic rings. The highest BCUT2D eigenvalue weighted by molar-refractivity contribution is 7.89. The van der Waals surface area contributed by atoms with Crippen LogP contribution in [0.1, 0.15) is 57.9 Å². The lowest BCUT2D eigenvalue weighted by atomic mass is 10.00. The fourth-order valence-corrected chi connectivity index (χ4v) is 6.34. The SMILES string of the molecule is CC(C)CC(N)CC(=O)N1CCC[C@H](N(C2CC2)S(=O)(=O)c2cccc(C(F)(F)F)c2)C1. The summed E-state index contributed by atoms with van der Waals surface area (Å²) in [5.74, 6) is 0.268. The molecular weight excluding hydrogens is 443 g/mol. The Morgan fingerprint density at radius 1 is 1.22 bits per heavy atom. The molecule has 32 heavy (non-hydrogen) atoms. The van der Waals surface area contributed by atoms with E-state index in [2.05, 4.69) is 0 Å². The number of piperidine rings is 1. The number of carbonyl (C=O) groups excluding carboxylic acids is 1. The van der Waals surface area contributed by atoms with Crippen molar-refractivity contribution >= 4 is 15.9 Å². The largest absolute Gasteiger partial charge is 0.416 e. The van der Waals surface area contributed by atoms with Gasteiger partial charge in [0.1, 0.15) is 0 Å². The van der Waals surface area contributed by atoms with Gasteiger partial charge in [-0.15, -0.1) is 0 Å². The summed E-state index contributed by atoms with van der Waals surface area (Å²) >= 11 is 0. The molecule has 0 spiro atoms. The number of alkyl halides is 3. The number of benzene rings is 1. The summed E-state index contributed by atoms with van der Waals surface area (Å²) in [6, 6.07) is 2.93. The average Bonchev–Trinajstić information content (AvgIpc) is 3.51. The zero-order valence-electron chi connectivity index (χ0n) is 18.5. The Morgan fingerprint density at radius 2 is 1.91 bits per heavy atom. The molecule has 1 saturated carbocycles. The van der Waals surface area contributed by atoms with Gasteiger partial charge in [0.05, 0.1) is 10.5 Å². The summed E-state index contributed by atoms with van der Waals surface area (Å²) in [5.41, 5.74) is 5.09. The first-order valence-corrected chi connectivity index (χ1v) is 12.6. The van der Waals surface area contributed by atoms with Gasteiger partial charge in [-0.3, -0.25) is 4.79 Å². The number of amides is 1.